The third kappa shape index (κ3) is 5.51. The number of fused-ring (bicyclic) bond motifs is 6. The standard InChI is InChI=1S/C52H35N/c1-4-14-36(15-5-1)37-26-29-44(30-27-37)53(43-18-8-3-9-19-43)45-31-28-39-32-41(25-24-40(39)33-45)51-35-42-34-50(38-16-6-2-7-17-38)46-20-10-12-22-48(46)52(42)49-23-13-11-21-47(49)51/h1-35H. The minimum Gasteiger partial charge on any atom is -0.310 e. The van der Waals surface area contributed by atoms with Crippen LogP contribution in [0.5, 0.6) is 0 Å². The molecule has 0 unspecified atom stereocenters. The monoisotopic (exact) mass is 673 g/mol. The van der Waals surface area contributed by atoms with Crippen molar-refractivity contribution in [2.45, 2.75) is 0 Å². The number of rotatable bonds is 6. The summed E-state index contributed by atoms with van der Waals surface area (Å²) in [6, 6.07) is 77.1. The van der Waals surface area contributed by atoms with E-state index in [1.165, 1.54) is 76.5 Å². The molecule has 0 aromatic heterocycles. The summed E-state index contributed by atoms with van der Waals surface area (Å²) in [4.78, 5) is 2.34. The lowest BCUT2D eigenvalue weighted by Gasteiger charge is -2.26. The van der Waals surface area contributed by atoms with Crippen molar-refractivity contribution in [3.05, 3.63) is 212 Å². The van der Waals surface area contributed by atoms with Gasteiger partial charge in [0.2, 0.25) is 0 Å². The van der Waals surface area contributed by atoms with E-state index in [4.69, 9.17) is 0 Å². The number of anilines is 3. The highest BCUT2D eigenvalue weighted by Crippen LogP contribution is 2.43. The van der Waals surface area contributed by atoms with Crippen LogP contribution in [-0.2, 0) is 0 Å². The summed E-state index contributed by atoms with van der Waals surface area (Å²) in [6.45, 7) is 0. The Bertz CT molecular complexity index is 2910. The molecule has 0 aliphatic carbocycles. The first-order chi connectivity index (χ1) is 26.3. The average Bonchev–Trinajstić information content (AvgIpc) is 3.24. The van der Waals surface area contributed by atoms with Crippen molar-refractivity contribution < 1.29 is 0 Å². The van der Waals surface area contributed by atoms with Gasteiger partial charge in [-0.15, -0.1) is 0 Å². The van der Waals surface area contributed by atoms with Crippen LogP contribution in [0.1, 0.15) is 0 Å². The zero-order valence-corrected chi connectivity index (χ0v) is 29.2. The first-order valence-corrected chi connectivity index (χ1v) is 18.3. The van der Waals surface area contributed by atoms with Crippen LogP contribution in [-0.4, -0.2) is 0 Å². The van der Waals surface area contributed by atoms with Gasteiger partial charge in [-0.25, -0.2) is 0 Å². The van der Waals surface area contributed by atoms with Gasteiger partial charge in [-0.2, -0.15) is 0 Å². The quantitative estimate of drug-likeness (QED) is 0.159. The molecule has 0 bridgehead atoms. The summed E-state index contributed by atoms with van der Waals surface area (Å²) in [5, 5.41) is 10.1. The highest BCUT2D eigenvalue weighted by Gasteiger charge is 2.16. The third-order valence-electron chi connectivity index (χ3n) is 10.6. The Balaban J connectivity index is 1.10. The van der Waals surface area contributed by atoms with Gasteiger partial charge in [0.05, 0.1) is 0 Å². The van der Waals surface area contributed by atoms with Crippen LogP contribution in [0.2, 0.25) is 0 Å². The van der Waals surface area contributed by atoms with Gasteiger partial charge in [0.1, 0.15) is 0 Å². The van der Waals surface area contributed by atoms with Crippen molar-refractivity contribution in [3.8, 4) is 33.4 Å². The molecule has 10 rings (SSSR count). The fraction of sp³-hybridized carbons (Fsp3) is 0. The number of hydrogen-bond donors (Lipinski definition) is 0. The zero-order valence-electron chi connectivity index (χ0n) is 29.2. The van der Waals surface area contributed by atoms with Gasteiger partial charge in [-0.3, -0.25) is 0 Å². The summed E-state index contributed by atoms with van der Waals surface area (Å²) >= 11 is 0. The number of para-hydroxylation sites is 1. The highest BCUT2D eigenvalue weighted by atomic mass is 15.1. The maximum atomic E-state index is 2.41. The van der Waals surface area contributed by atoms with Gasteiger partial charge < -0.3 is 4.90 Å². The molecule has 10 aromatic carbocycles. The SMILES string of the molecule is c1ccc(-c2ccc(N(c3ccccc3)c3ccc4cc(-c5cc6cc(-c7ccccc7)c7ccccc7c6c6ccccc56)ccc4c3)cc2)cc1. The molecule has 0 saturated carbocycles. The van der Waals surface area contributed by atoms with Crippen molar-refractivity contribution in [1.29, 1.82) is 0 Å². The van der Waals surface area contributed by atoms with E-state index in [1.807, 2.05) is 0 Å². The number of nitrogens with zero attached hydrogens (tertiary/aromatic N) is 1. The number of hydrogen-bond acceptors (Lipinski definition) is 1. The molecule has 1 nitrogen and oxygen atoms in total. The average molecular weight is 674 g/mol. The Morgan fingerprint density at radius 2 is 0.679 bits per heavy atom. The zero-order chi connectivity index (χ0) is 35.1. The van der Waals surface area contributed by atoms with Crippen LogP contribution in [0, 0.1) is 0 Å². The van der Waals surface area contributed by atoms with Crippen molar-refractivity contribution in [3.63, 3.8) is 0 Å². The molecular weight excluding hydrogens is 639 g/mol. The Hall–Kier alpha value is -6.96. The van der Waals surface area contributed by atoms with E-state index >= 15 is 0 Å². The second-order valence-electron chi connectivity index (χ2n) is 13.7. The fourth-order valence-corrected chi connectivity index (χ4v) is 8.07. The topological polar surface area (TPSA) is 3.24 Å². The van der Waals surface area contributed by atoms with Gasteiger partial charge in [-0.05, 0) is 131 Å². The maximum absolute atomic E-state index is 2.41. The van der Waals surface area contributed by atoms with E-state index in [0.29, 0.717) is 0 Å². The lowest BCUT2D eigenvalue weighted by atomic mass is 9.87. The Labute approximate surface area is 309 Å². The predicted molar refractivity (Wildman–Crippen MR) is 227 cm³/mol. The van der Waals surface area contributed by atoms with E-state index in [1.54, 1.807) is 0 Å². The largest absolute Gasteiger partial charge is 0.310 e. The van der Waals surface area contributed by atoms with Crippen molar-refractivity contribution in [1.82, 2.24) is 0 Å². The smallest absolute Gasteiger partial charge is 0.0468 e. The van der Waals surface area contributed by atoms with Crippen LogP contribution in [0.15, 0.2) is 212 Å². The molecule has 10 aromatic rings. The summed E-state index contributed by atoms with van der Waals surface area (Å²) in [5.41, 5.74) is 10.8. The van der Waals surface area contributed by atoms with E-state index in [2.05, 4.69) is 217 Å². The third-order valence-corrected chi connectivity index (χ3v) is 10.6. The molecule has 0 amide bonds. The molecule has 0 aliphatic rings. The Morgan fingerprint density at radius 3 is 1.32 bits per heavy atom. The van der Waals surface area contributed by atoms with Crippen LogP contribution in [0.3, 0.4) is 0 Å². The van der Waals surface area contributed by atoms with Crippen LogP contribution < -0.4 is 4.90 Å². The molecule has 0 aliphatic heterocycles. The lowest BCUT2D eigenvalue weighted by Crippen LogP contribution is -2.09. The van der Waals surface area contributed by atoms with E-state index in [0.717, 1.165) is 17.1 Å². The normalized spacial score (nSPS) is 11.4. The van der Waals surface area contributed by atoms with Crippen molar-refractivity contribution in [2.75, 3.05) is 4.90 Å². The molecule has 0 N–H and O–H groups in total. The minimum atomic E-state index is 1.12. The molecule has 0 spiro atoms. The van der Waals surface area contributed by atoms with E-state index in [-0.39, 0.29) is 0 Å². The van der Waals surface area contributed by atoms with Gasteiger partial charge in [0.15, 0.2) is 0 Å². The summed E-state index contributed by atoms with van der Waals surface area (Å²) in [7, 11) is 0. The molecule has 0 saturated heterocycles. The van der Waals surface area contributed by atoms with Gasteiger partial charge in [0.25, 0.3) is 0 Å². The highest BCUT2D eigenvalue weighted by molar-refractivity contribution is 6.25. The molecular formula is C52H35N. The van der Waals surface area contributed by atoms with Crippen LogP contribution >= 0.6 is 0 Å². The second kappa shape index (κ2) is 13.0. The van der Waals surface area contributed by atoms with Gasteiger partial charge >= 0.3 is 0 Å². The second-order valence-corrected chi connectivity index (χ2v) is 13.7. The maximum Gasteiger partial charge on any atom is 0.0468 e. The molecule has 0 radical (unpaired) electrons. The molecule has 0 fully saturated rings. The van der Waals surface area contributed by atoms with Gasteiger partial charge in [-0.1, -0.05) is 158 Å². The molecule has 0 atom stereocenters. The predicted octanol–water partition coefficient (Wildman–Crippen LogP) is 14.8. The lowest BCUT2D eigenvalue weighted by molar-refractivity contribution is 1.29. The molecule has 53 heavy (non-hydrogen) atoms. The molecule has 0 heterocycles. The summed E-state index contributed by atoms with van der Waals surface area (Å²) in [6.07, 6.45) is 0. The first-order valence-electron chi connectivity index (χ1n) is 18.3. The van der Waals surface area contributed by atoms with Crippen molar-refractivity contribution in [2.24, 2.45) is 0 Å². The summed E-state index contributed by atoms with van der Waals surface area (Å²) in [5.74, 6) is 0. The Morgan fingerprint density at radius 1 is 0.245 bits per heavy atom. The van der Waals surface area contributed by atoms with Crippen molar-refractivity contribution >= 4 is 60.2 Å². The van der Waals surface area contributed by atoms with Crippen LogP contribution in [0.25, 0.3) is 76.5 Å². The molecule has 1 heteroatoms. The first kappa shape index (κ1) is 30.8. The summed E-state index contributed by atoms with van der Waals surface area (Å²) < 4.78 is 0. The van der Waals surface area contributed by atoms with E-state index < -0.39 is 0 Å². The van der Waals surface area contributed by atoms with Crippen LogP contribution in [0.4, 0.5) is 17.1 Å². The van der Waals surface area contributed by atoms with E-state index in [9.17, 15) is 0 Å². The fourth-order valence-electron chi connectivity index (χ4n) is 8.07. The number of benzene rings is 10. The molecule has 248 valence electrons. The minimum absolute atomic E-state index is 1.12. The Kier molecular flexibility index (Phi) is 7.55. The van der Waals surface area contributed by atoms with Gasteiger partial charge in [0, 0.05) is 17.1 Å².